The van der Waals surface area contributed by atoms with Crippen LogP contribution in [0.1, 0.15) is 47.0 Å². The zero-order chi connectivity index (χ0) is 15.9. The van der Waals surface area contributed by atoms with Crippen molar-refractivity contribution >= 4 is 16.4 Å². The Labute approximate surface area is 134 Å². The van der Waals surface area contributed by atoms with Crippen LogP contribution in [0.25, 0.3) is 0 Å². The van der Waals surface area contributed by atoms with Gasteiger partial charge in [0.25, 0.3) is 0 Å². The second-order valence-corrected chi connectivity index (χ2v) is 16.5. The van der Waals surface area contributed by atoms with Crippen molar-refractivity contribution in [2.75, 3.05) is 6.61 Å². The maximum Gasteiger partial charge on any atom is 0.246 e. The van der Waals surface area contributed by atoms with E-state index in [1.165, 1.54) is 42.4 Å². The molecular formula is C17H36O2Si2. The van der Waals surface area contributed by atoms with Gasteiger partial charge in [0.1, 0.15) is 8.07 Å². The molecular weight excluding hydrogens is 292 g/mol. The van der Waals surface area contributed by atoms with Crippen LogP contribution < -0.4 is 0 Å². The van der Waals surface area contributed by atoms with Crippen molar-refractivity contribution in [1.82, 2.24) is 0 Å². The molecule has 0 N–H and O–H groups in total. The molecule has 1 rings (SSSR count). The summed E-state index contributed by atoms with van der Waals surface area (Å²) in [6, 6.07) is 5.02. The van der Waals surface area contributed by atoms with Crippen LogP contribution >= 0.6 is 0 Å². The van der Waals surface area contributed by atoms with Crippen LogP contribution in [0.3, 0.4) is 0 Å². The maximum absolute atomic E-state index is 6.74. The van der Waals surface area contributed by atoms with Crippen molar-refractivity contribution < 1.29 is 9.16 Å². The molecule has 124 valence electrons. The first-order chi connectivity index (χ1) is 9.93. The first-order valence-corrected chi connectivity index (χ1v) is 14.7. The van der Waals surface area contributed by atoms with E-state index in [2.05, 4.69) is 46.9 Å². The van der Waals surface area contributed by atoms with Crippen molar-refractivity contribution in [3.63, 3.8) is 0 Å². The van der Waals surface area contributed by atoms with Gasteiger partial charge in [0.2, 0.25) is 8.32 Å². The summed E-state index contributed by atoms with van der Waals surface area (Å²) in [6.07, 6.45) is 6.64. The summed E-state index contributed by atoms with van der Waals surface area (Å²) in [7, 11) is -2.92. The lowest BCUT2D eigenvalue weighted by atomic mass is 10.2. The van der Waals surface area contributed by atoms with E-state index in [0.717, 1.165) is 13.0 Å². The fraction of sp³-hybridized carbons (Fsp3) is 0.882. The molecule has 0 aromatic rings. The average Bonchev–Trinajstić information content (AvgIpc) is 3.33. The van der Waals surface area contributed by atoms with Gasteiger partial charge >= 0.3 is 0 Å². The monoisotopic (exact) mass is 328 g/mol. The molecule has 2 nitrogen and oxygen atoms in total. The molecule has 4 heteroatoms. The lowest BCUT2D eigenvalue weighted by Gasteiger charge is -2.36. The number of rotatable bonds is 11. The van der Waals surface area contributed by atoms with Crippen LogP contribution in [0.2, 0.25) is 37.3 Å². The molecule has 0 aliphatic carbocycles. The molecule has 21 heavy (non-hydrogen) atoms. The van der Waals surface area contributed by atoms with Crippen LogP contribution in [-0.2, 0) is 9.16 Å². The Morgan fingerprint density at radius 1 is 1.10 bits per heavy atom. The highest BCUT2D eigenvalue weighted by molar-refractivity contribution is 6.86. The third kappa shape index (κ3) is 5.91. The van der Waals surface area contributed by atoms with E-state index in [0.29, 0.717) is 6.10 Å². The van der Waals surface area contributed by atoms with Crippen LogP contribution in [0.5, 0.6) is 0 Å². The molecule has 1 fully saturated rings. The number of hydrogen-bond donors (Lipinski definition) is 0. The van der Waals surface area contributed by atoms with E-state index >= 15 is 0 Å². The smallest absolute Gasteiger partial charge is 0.246 e. The molecule has 0 amide bonds. The van der Waals surface area contributed by atoms with E-state index in [9.17, 15) is 0 Å². The Balaban J connectivity index is 2.74. The Morgan fingerprint density at radius 3 is 2.10 bits per heavy atom. The molecule has 0 bridgehead atoms. The first kappa shape index (κ1) is 19.0. The number of unbranched alkanes of at least 4 members (excludes halogenated alkanes) is 1. The Bertz CT molecular complexity index is 330. The van der Waals surface area contributed by atoms with Gasteiger partial charge in [0.05, 0.1) is 18.1 Å². The van der Waals surface area contributed by atoms with E-state index in [1.54, 1.807) is 0 Å². The van der Waals surface area contributed by atoms with Gasteiger partial charge in [-0.15, -0.1) is 0 Å². The summed E-state index contributed by atoms with van der Waals surface area (Å²) < 4.78 is 12.0. The maximum atomic E-state index is 6.74. The van der Waals surface area contributed by atoms with Gasteiger partial charge in [0.15, 0.2) is 0 Å². The normalized spacial score (nSPS) is 19.7. The quantitative estimate of drug-likeness (QED) is 0.209. The largest absolute Gasteiger partial charge is 0.551 e. The minimum absolute atomic E-state index is 0.565. The van der Waals surface area contributed by atoms with Crippen LogP contribution in [0.4, 0.5) is 0 Å². The van der Waals surface area contributed by atoms with Crippen molar-refractivity contribution in [2.24, 2.45) is 0 Å². The fourth-order valence-corrected chi connectivity index (χ4v) is 7.44. The lowest BCUT2D eigenvalue weighted by Crippen LogP contribution is -2.41. The molecule has 0 radical (unpaired) electrons. The first-order valence-electron chi connectivity index (χ1n) is 8.94. The molecule has 0 aromatic carbocycles. The predicted octanol–water partition coefficient (Wildman–Crippen LogP) is 5.73. The Kier molecular flexibility index (Phi) is 7.72. The molecule has 1 heterocycles. The van der Waals surface area contributed by atoms with Crippen molar-refractivity contribution in [2.45, 2.75) is 90.3 Å². The van der Waals surface area contributed by atoms with Gasteiger partial charge in [-0.1, -0.05) is 52.4 Å². The van der Waals surface area contributed by atoms with Gasteiger partial charge < -0.3 is 9.16 Å². The van der Waals surface area contributed by atoms with Gasteiger partial charge in [-0.2, -0.15) is 0 Å². The SMILES string of the molecule is CC[Si](C)(CC)O/C(=C\CCCC1CO1)[Si](C)(CC)CC. The van der Waals surface area contributed by atoms with Gasteiger partial charge in [-0.3, -0.25) is 0 Å². The topological polar surface area (TPSA) is 21.8 Å². The van der Waals surface area contributed by atoms with E-state index < -0.39 is 16.4 Å². The molecule has 1 aliphatic heterocycles. The number of hydrogen-bond acceptors (Lipinski definition) is 2. The minimum Gasteiger partial charge on any atom is -0.551 e. The van der Waals surface area contributed by atoms with Crippen LogP contribution in [-0.4, -0.2) is 29.1 Å². The van der Waals surface area contributed by atoms with Gasteiger partial charge in [-0.05, 0) is 37.9 Å². The minimum atomic E-state index is -1.53. The van der Waals surface area contributed by atoms with Gasteiger partial charge in [0, 0.05) is 0 Å². The van der Waals surface area contributed by atoms with E-state index in [4.69, 9.17) is 9.16 Å². The zero-order valence-corrected chi connectivity index (χ0v) is 17.1. The van der Waals surface area contributed by atoms with Gasteiger partial charge in [-0.25, -0.2) is 0 Å². The van der Waals surface area contributed by atoms with Crippen LogP contribution in [0.15, 0.2) is 11.5 Å². The second-order valence-electron chi connectivity index (χ2n) is 6.98. The second kappa shape index (κ2) is 8.54. The van der Waals surface area contributed by atoms with Crippen molar-refractivity contribution in [3.8, 4) is 0 Å². The molecule has 1 saturated heterocycles. The molecule has 1 aliphatic rings. The summed E-state index contributed by atoms with van der Waals surface area (Å²) in [6.45, 7) is 15.2. The molecule has 1 unspecified atom stereocenters. The highest BCUT2D eigenvalue weighted by Crippen LogP contribution is 2.31. The fourth-order valence-electron chi connectivity index (χ4n) is 2.48. The average molecular weight is 329 g/mol. The van der Waals surface area contributed by atoms with E-state index in [1.807, 2.05) is 0 Å². The Morgan fingerprint density at radius 2 is 1.67 bits per heavy atom. The third-order valence-corrected chi connectivity index (χ3v) is 14.0. The highest BCUT2D eigenvalue weighted by Gasteiger charge is 2.35. The molecule has 1 atom stereocenters. The van der Waals surface area contributed by atoms with Crippen molar-refractivity contribution in [3.05, 3.63) is 11.5 Å². The van der Waals surface area contributed by atoms with Crippen molar-refractivity contribution in [1.29, 1.82) is 0 Å². The highest BCUT2D eigenvalue weighted by atomic mass is 28.4. The van der Waals surface area contributed by atoms with E-state index in [-0.39, 0.29) is 0 Å². The summed E-state index contributed by atoms with van der Waals surface area (Å²) >= 11 is 0. The third-order valence-electron chi connectivity index (χ3n) is 5.47. The zero-order valence-electron chi connectivity index (χ0n) is 15.1. The number of ether oxygens (including phenoxy) is 1. The number of allylic oxidation sites excluding steroid dienone is 1. The lowest BCUT2D eigenvalue weighted by molar-refractivity contribution is 0.391. The predicted molar refractivity (Wildman–Crippen MR) is 97.9 cm³/mol. The summed E-state index contributed by atoms with van der Waals surface area (Å²) in [5.74, 6) is 0. The summed E-state index contributed by atoms with van der Waals surface area (Å²) in [5, 5.41) is 1.42. The number of epoxide rings is 1. The molecule has 0 saturated carbocycles. The Hall–Kier alpha value is -0.0662. The van der Waals surface area contributed by atoms with Crippen LogP contribution in [0, 0.1) is 0 Å². The molecule has 0 aromatic heterocycles. The standard InChI is InChI=1S/C17H36O2Si2/c1-7-20(5,8-2)17(19-21(6,9-3)10-4)14-12-11-13-16-15-18-16/h14,16H,7-13,15H2,1-6H3/b17-14+. The summed E-state index contributed by atoms with van der Waals surface area (Å²) in [5.41, 5.74) is 0. The molecule has 0 spiro atoms. The summed E-state index contributed by atoms with van der Waals surface area (Å²) in [4.78, 5) is 0.